The van der Waals surface area contributed by atoms with Crippen molar-refractivity contribution in [2.45, 2.75) is 0 Å². The van der Waals surface area contributed by atoms with Crippen LogP contribution in [0.4, 0.5) is 17.1 Å². The monoisotopic (exact) mass is 803 g/mol. The molecule has 0 unspecified atom stereocenters. The molecular formula is C60H37NS. The average Bonchev–Trinajstić information content (AvgIpc) is 3.73. The van der Waals surface area contributed by atoms with Gasteiger partial charge in [0.25, 0.3) is 0 Å². The van der Waals surface area contributed by atoms with Gasteiger partial charge in [0.2, 0.25) is 0 Å². The van der Waals surface area contributed by atoms with E-state index in [0.29, 0.717) is 0 Å². The van der Waals surface area contributed by atoms with Gasteiger partial charge < -0.3 is 4.90 Å². The number of hydrogen-bond donors (Lipinski definition) is 0. The highest BCUT2D eigenvalue weighted by Gasteiger charge is 2.23. The molecule has 62 heavy (non-hydrogen) atoms. The minimum absolute atomic E-state index is 1.15. The summed E-state index contributed by atoms with van der Waals surface area (Å²) in [5.74, 6) is 0. The van der Waals surface area contributed by atoms with Crippen molar-refractivity contribution in [1.82, 2.24) is 0 Å². The quantitative estimate of drug-likeness (QED) is 0.157. The Morgan fingerprint density at radius 1 is 0.242 bits per heavy atom. The largest absolute Gasteiger partial charge is 0.309 e. The van der Waals surface area contributed by atoms with Crippen LogP contribution in [0.3, 0.4) is 0 Å². The summed E-state index contributed by atoms with van der Waals surface area (Å²) in [7, 11) is 0. The van der Waals surface area contributed by atoms with E-state index in [1.807, 2.05) is 11.3 Å². The molecule has 0 aliphatic heterocycles. The predicted octanol–water partition coefficient (Wildman–Crippen LogP) is 17.8. The fraction of sp³-hybridized carbons (Fsp3) is 0. The Balaban J connectivity index is 1.08. The van der Waals surface area contributed by atoms with Gasteiger partial charge in [-0.05, 0) is 102 Å². The van der Waals surface area contributed by atoms with Gasteiger partial charge >= 0.3 is 0 Å². The number of fused-ring (bicyclic) bond motifs is 11. The lowest BCUT2D eigenvalue weighted by molar-refractivity contribution is 1.33. The van der Waals surface area contributed by atoms with Crippen molar-refractivity contribution >= 4 is 113 Å². The molecule has 0 amide bonds. The Morgan fingerprint density at radius 3 is 1.27 bits per heavy atom. The molecule has 2 heteroatoms. The van der Waals surface area contributed by atoms with Crippen LogP contribution in [0.1, 0.15) is 0 Å². The summed E-state index contributed by atoms with van der Waals surface area (Å²) in [5.41, 5.74) is 8.49. The predicted molar refractivity (Wildman–Crippen MR) is 270 cm³/mol. The summed E-state index contributed by atoms with van der Waals surface area (Å²) in [6.07, 6.45) is 0. The topological polar surface area (TPSA) is 3.24 Å². The number of nitrogens with zero attached hydrogens (tertiary/aromatic N) is 1. The third kappa shape index (κ3) is 5.27. The van der Waals surface area contributed by atoms with Crippen molar-refractivity contribution in [1.29, 1.82) is 0 Å². The SMILES string of the molecule is c1ccc2c(N(c3cccc4ccccc34)c3ccc(-c4cc5c6ccccc6c(-c6cccc7c6sc6ccccc67)cc5c5ccccc45)c4ccccc34)cccc2c1. The fourth-order valence-electron chi connectivity index (χ4n) is 10.3. The molecule has 0 radical (unpaired) electrons. The van der Waals surface area contributed by atoms with Gasteiger partial charge in [0.15, 0.2) is 0 Å². The number of rotatable bonds is 5. The Hall–Kier alpha value is -7.78. The second kappa shape index (κ2) is 13.9. The molecule has 288 valence electrons. The molecule has 0 saturated heterocycles. The van der Waals surface area contributed by atoms with Crippen LogP contribution in [0.25, 0.3) is 107 Å². The highest BCUT2D eigenvalue weighted by Crippen LogP contribution is 2.49. The first-order chi connectivity index (χ1) is 30.8. The molecule has 0 aliphatic rings. The molecule has 0 fully saturated rings. The highest BCUT2D eigenvalue weighted by molar-refractivity contribution is 7.26. The molecule has 1 nitrogen and oxygen atoms in total. The van der Waals surface area contributed by atoms with Crippen LogP contribution in [-0.2, 0) is 0 Å². The first-order valence-electron chi connectivity index (χ1n) is 21.3. The third-order valence-corrected chi connectivity index (χ3v) is 14.2. The maximum atomic E-state index is 2.49. The number of benzene rings is 12. The Bertz CT molecular complexity index is 3860. The zero-order valence-corrected chi connectivity index (χ0v) is 34.5. The summed E-state index contributed by atoms with van der Waals surface area (Å²) < 4.78 is 2.66. The van der Waals surface area contributed by atoms with E-state index < -0.39 is 0 Å². The van der Waals surface area contributed by atoms with Gasteiger partial charge in [-0.1, -0.05) is 188 Å². The van der Waals surface area contributed by atoms with Crippen molar-refractivity contribution in [3.05, 3.63) is 224 Å². The van der Waals surface area contributed by atoms with Crippen LogP contribution >= 0.6 is 11.3 Å². The van der Waals surface area contributed by atoms with Crippen LogP contribution in [-0.4, -0.2) is 0 Å². The fourth-order valence-corrected chi connectivity index (χ4v) is 11.5. The van der Waals surface area contributed by atoms with E-state index in [2.05, 4.69) is 229 Å². The lowest BCUT2D eigenvalue weighted by atomic mass is 9.86. The van der Waals surface area contributed by atoms with Gasteiger partial charge in [-0.3, -0.25) is 0 Å². The van der Waals surface area contributed by atoms with Crippen LogP contribution in [0, 0.1) is 0 Å². The minimum atomic E-state index is 1.15. The van der Waals surface area contributed by atoms with E-state index in [4.69, 9.17) is 0 Å². The van der Waals surface area contributed by atoms with Crippen molar-refractivity contribution in [3.63, 3.8) is 0 Å². The van der Waals surface area contributed by atoms with Gasteiger partial charge in [0.1, 0.15) is 0 Å². The van der Waals surface area contributed by atoms with E-state index in [1.165, 1.54) is 107 Å². The Kier molecular flexibility index (Phi) is 7.85. The standard InChI is InChI=1S/C60H37NS/c1-3-20-40-38(16-1)18-13-31-56(40)61(57-32-14-19-39-17-2-4-21-41(39)57)58-35-34-47(42-22-9-10-27-48(42)58)52-36-54-46-26-8-6-24-44(46)53(37-55(54)45-25-7-5-23-43(45)52)51-30-15-29-50-49-28-11-12-33-59(49)62-60(50)51/h1-37H. The molecule has 13 rings (SSSR count). The van der Waals surface area contributed by atoms with Crippen LogP contribution in [0.5, 0.6) is 0 Å². The van der Waals surface area contributed by atoms with Gasteiger partial charge in [0.05, 0.1) is 17.1 Å². The zero-order valence-electron chi connectivity index (χ0n) is 33.7. The normalized spacial score (nSPS) is 11.9. The van der Waals surface area contributed by atoms with E-state index in [0.717, 1.165) is 17.1 Å². The summed E-state index contributed by atoms with van der Waals surface area (Å²) in [6.45, 7) is 0. The molecule has 0 saturated carbocycles. The zero-order chi connectivity index (χ0) is 40.7. The highest BCUT2D eigenvalue weighted by atomic mass is 32.1. The molecule has 0 aliphatic carbocycles. The lowest BCUT2D eigenvalue weighted by Crippen LogP contribution is -2.11. The van der Waals surface area contributed by atoms with E-state index in [-0.39, 0.29) is 0 Å². The van der Waals surface area contributed by atoms with Crippen molar-refractivity contribution in [2.24, 2.45) is 0 Å². The van der Waals surface area contributed by atoms with Crippen LogP contribution < -0.4 is 4.90 Å². The van der Waals surface area contributed by atoms with Crippen molar-refractivity contribution in [3.8, 4) is 22.3 Å². The first-order valence-corrected chi connectivity index (χ1v) is 22.2. The summed E-state index contributed by atoms with van der Waals surface area (Å²) >= 11 is 1.90. The molecular weight excluding hydrogens is 767 g/mol. The second-order valence-corrected chi connectivity index (χ2v) is 17.4. The third-order valence-electron chi connectivity index (χ3n) is 13.0. The second-order valence-electron chi connectivity index (χ2n) is 16.3. The summed E-state index contributed by atoms with van der Waals surface area (Å²) in [5, 5.41) is 17.5. The molecule has 0 atom stereocenters. The number of anilines is 3. The smallest absolute Gasteiger partial charge is 0.0540 e. The molecule has 0 N–H and O–H groups in total. The summed E-state index contributed by atoms with van der Waals surface area (Å²) in [4.78, 5) is 2.49. The maximum Gasteiger partial charge on any atom is 0.0540 e. The minimum Gasteiger partial charge on any atom is -0.309 e. The number of hydrogen-bond acceptors (Lipinski definition) is 2. The van der Waals surface area contributed by atoms with E-state index in [1.54, 1.807) is 0 Å². The Morgan fingerprint density at radius 2 is 0.661 bits per heavy atom. The van der Waals surface area contributed by atoms with Crippen molar-refractivity contribution < 1.29 is 0 Å². The van der Waals surface area contributed by atoms with E-state index in [9.17, 15) is 0 Å². The molecule has 0 spiro atoms. The Labute approximate surface area is 363 Å². The van der Waals surface area contributed by atoms with E-state index >= 15 is 0 Å². The van der Waals surface area contributed by atoms with Crippen molar-refractivity contribution in [2.75, 3.05) is 4.90 Å². The number of thiophene rings is 1. The van der Waals surface area contributed by atoms with Crippen LogP contribution in [0.2, 0.25) is 0 Å². The average molecular weight is 804 g/mol. The van der Waals surface area contributed by atoms with Gasteiger partial charge in [-0.25, -0.2) is 0 Å². The summed E-state index contributed by atoms with van der Waals surface area (Å²) in [6, 6.07) is 83.1. The molecule has 0 bridgehead atoms. The van der Waals surface area contributed by atoms with Gasteiger partial charge in [-0.15, -0.1) is 11.3 Å². The first kappa shape index (κ1) is 35.0. The lowest BCUT2D eigenvalue weighted by Gasteiger charge is -2.30. The van der Waals surface area contributed by atoms with Gasteiger partial charge in [0, 0.05) is 41.9 Å². The molecule has 13 aromatic rings. The molecule has 1 aromatic heterocycles. The molecule has 12 aromatic carbocycles. The van der Waals surface area contributed by atoms with Crippen LogP contribution in [0.15, 0.2) is 224 Å². The van der Waals surface area contributed by atoms with Gasteiger partial charge in [-0.2, -0.15) is 0 Å². The molecule has 1 heterocycles. The maximum absolute atomic E-state index is 2.49.